The van der Waals surface area contributed by atoms with E-state index in [1.807, 2.05) is 18.7 Å². The highest BCUT2D eigenvalue weighted by Crippen LogP contribution is 2.42. The first-order chi connectivity index (χ1) is 13.0. The van der Waals surface area contributed by atoms with Crippen molar-refractivity contribution in [2.24, 2.45) is 0 Å². The van der Waals surface area contributed by atoms with E-state index in [0.717, 1.165) is 23.5 Å². The molecule has 0 aliphatic carbocycles. The number of fused-ring (bicyclic) bond motifs is 2. The minimum absolute atomic E-state index is 0.108. The van der Waals surface area contributed by atoms with Gasteiger partial charge in [-0.1, -0.05) is 6.92 Å². The summed E-state index contributed by atoms with van der Waals surface area (Å²) in [5.41, 5.74) is 2.81. The van der Waals surface area contributed by atoms with Gasteiger partial charge in [0.1, 0.15) is 5.69 Å². The summed E-state index contributed by atoms with van der Waals surface area (Å²) in [5.74, 6) is 0.0385. The molecule has 4 heterocycles. The third-order valence-corrected chi connectivity index (χ3v) is 5.74. The molecule has 0 radical (unpaired) electrons. The van der Waals surface area contributed by atoms with Crippen LogP contribution in [0.1, 0.15) is 53.8 Å². The number of aromatic amines is 1. The third kappa shape index (κ3) is 2.89. The molecule has 2 aromatic rings. The molecule has 0 aromatic carbocycles. The summed E-state index contributed by atoms with van der Waals surface area (Å²) < 4.78 is 0. The molecule has 2 amide bonds. The number of carbonyl (C=O) groups is 2. The van der Waals surface area contributed by atoms with Crippen LogP contribution in [0.4, 0.5) is 0 Å². The monoisotopic (exact) mass is 368 g/mol. The van der Waals surface area contributed by atoms with Gasteiger partial charge in [0.25, 0.3) is 5.91 Å². The quantitative estimate of drug-likeness (QED) is 0.865. The number of imidazole rings is 1. The minimum atomic E-state index is -0.420. The van der Waals surface area contributed by atoms with E-state index in [1.165, 1.54) is 6.20 Å². The molecule has 1 spiro atoms. The number of nitrogens with zero attached hydrogens (tertiary/aromatic N) is 5. The number of rotatable bonds is 2. The first-order valence-corrected chi connectivity index (χ1v) is 9.46. The van der Waals surface area contributed by atoms with Gasteiger partial charge in [-0.25, -0.2) is 9.97 Å². The molecule has 0 unspecified atom stereocenters. The summed E-state index contributed by atoms with van der Waals surface area (Å²) in [7, 11) is 0. The fraction of sp³-hybridized carbons (Fsp3) is 0.526. The maximum atomic E-state index is 12.8. The Morgan fingerprint density at radius 1 is 1.15 bits per heavy atom. The number of aryl methyl sites for hydroxylation is 1. The molecule has 0 atom stereocenters. The van der Waals surface area contributed by atoms with Gasteiger partial charge in [-0.15, -0.1) is 0 Å². The zero-order chi connectivity index (χ0) is 19.0. The fourth-order valence-electron chi connectivity index (χ4n) is 4.28. The lowest BCUT2D eigenvalue weighted by Gasteiger charge is -2.50. The highest BCUT2D eigenvalue weighted by atomic mass is 16.2. The SMILES string of the molecule is CCC(=O)N1CCc2[nH]cnc2C12CCN(C(=O)c1cnc(C)cn1)CC2. The van der Waals surface area contributed by atoms with E-state index in [4.69, 9.17) is 0 Å². The van der Waals surface area contributed by atoms with Gasteiger partial charge in [0.05, 0.1) is 29.5 Å². The molecular weight excluding hydrogens is 344 g/mol. The second kappa shape index (κ2) is 6.75. The molecule has 1 saturated heterocycles. The second-order valence-corrected chi connectivity index (χ2v) is 7.25. The summed E-state index contributed by atoms with van der Waals surface area (Å²) in [4.78, 5) is 45.4. The Hall–Kier alpha value is -2.77. The highest BCUT2D eigenvalue weighted by molar-refractivity contribution is 5.92. The van der Waals surface area contributed by atoms with E-state index in [0.29, 0.717) is 44.6 Å². The summed E-state index contributed by atoms with van der Waals surface area (Å²) in [5, 5.41) is 0. The van der Waals surface area contributed by atoms with Crippen molar-refractivity contribution in [3.05, 3.63) is 41.5 Å². The van der Waals surface area contributed by atoms with Gasteiger partial charge in [-0.3, -0.25) is 14.6 Å². The molecular formula is C19H24N6O2. The third-order valence-electron chi connectivity index (χ3n) is 5.74. The van der Waals surface area contributed by atoms with Crippen LogP contribution >= 0.6 is 0 Å². The molecule has 2 aliphatic heterocycles. The van der Waals surface area contributed by atoms with E-state index in [9.17, 15) is 9.59 Å². The van der Waals surface area contributed by atoms with Crippen molar-refractivity contribution in [2.45, 2.75) is 45.1 Å². The number of hydrogen-bond acceptors (Lipinski definition) is 5. The van der Waals surface area contributed by atoms with Crippen molar-refractivity contribution in [3.63, 3.8) is 0 Å². The van der Waals surface area contributed by atoms with Crippen LogP contribution in [0.2, 0.25) is 0 Å². The Kier molecular flexibility index (Phi) is 4.41. The van der Waals surface area contributed by atoms with Crippen LogP contribution in [0.25, 0.3) is 0 Å². The molecule has 4 rings (SSSR count). The summed E-state index contributed by atoms with van der Waals surface area (Å²) in [6, 6.07) is 0. The molecule has 1 fully saturated rings. The van der Waals surface area contributed by atoms with Crippen LogP contribution in [0.3, 0.4) is 0 Å². The standard InChI is InChI=1S/C19H24N6O2/c1-3-16(26)25-7-4-14-17(23-12-22-14)19(25)5-8-24(9-6-19)18(27)15-11-20-13(2)10-21-15/h10-12H,3-9H2,1-2H3,(H,22,23). The lowest BCUT2D eigenvalue weighted by Crippen LogP contribution is -2.58. The van der Waals surface area contributed by atoms with Crippen LogP contribution in [-0.2, 0) is 16.8 Å². The Morgan fingerprint density at radius 3 is 2.59 bits per heavy atom. The van der Waals surface area contributed by atoms with Crippen molar-refractivity contribution in [2.75, 3.05) is 19.6 Å². The number of likely N-dealkylation sites (tertiary alicyclic amines) is 1. The first-order valence-electron chi connectivity index (χ1n) is 9.46. The van der Waals surface area contributed by atoms with Gasteiger partial charge in [0, 0.05) is 44.4 Å². The number of amides is 2. The van der Waals surface area contributed by atoms with E-state index in [1.54, 1.807) is 17.4 Å². The average Bonchev–Trinajstić information content (AvgIpc) is 3.18. The molecule has 1 N–H and O–H groups in total. The predicted molar refractivity (Wildman–Crippen MR) is 97.9 cm³/mol. The maximum absolute atomic E-state index is 12.8. The van der Waals surface area contributed by atoms with E-state index in [2.05, 4.69) is 19.9 Å². The van der Waals surface area contributed by atoms with Gasteiger partial charge >= 0.3 is 0 Å². The van der Waals surface area contributed by atoms with Crippen LogP contribution in [0.15, 0.2) is 18.7 Å². The minimum Gasteiger partial charge on any atom is -0.348 e. The van der Waals surface area contributed by atoms with Crippen LogP contribution < -0.4 is 0 Å². The van der Waals surface area contributed by atoms with Crippen LogP contribution in [0, 0.1) is 6.92 Å². The van der Waals surface area contributed by atoms with Crippen molar-refractivity contribution in [1.82, 2.24) is 29.7 Å². The Bertz CT molecular complexity index is 851. The fourth-order valence-corrected chi connectivity index (χ4v) is 4.28. The first kappa shape index (κ1) is 17.6. The molecule has 8 heteroatoms. The number of hydrogen-bond donors (Lipinski definition) is 1. The largest absolute Gasteiger partial charge is 0.348 e. The number of nitrogens with one attached hydrogen (secondary N) is 1. The molecule has 8 nitrogen and oxygen atoms in total. The smallest absolute Gasteiger partial charge is 0.274 e. The highest BCUT2D eigenvalue weighted by Gasteiger charge is 2.48. The van der Waals surface area contributed by atoms with Crippen LogP contribution in [-0.4, -0.2) is 61.2 Å². The molecule has 142 valence electrons. The summed E-state index contributed by atoms with van der Waals surface area (Å²) in [6.45, 7) is 5.56. The number of aromatic nitrogens is 4. The number of carbonyl (C=O) groups excluding carboxylic acids is 2. The molecule has 0 saturated carbocycles. The van der Waals surface area contributed by atoms with Crippen molar-refractivity contribution >= 4 is 11.8 Å². The molecule has 2 aliphatic rings. The van der Waals surface area contributed by atoms with Crippen molar-refractivity contribution in [1.29, 1.82) is 0 Å². The zero-order valence-corrected chi connectivity index (χ0v) is 15.7. The average molecular weight is 368 g/mol. The van der Waals surface area contributed by atoms with E-state index < -0.39 is 5.54 Å². The Labute approximate surface area is 158 Å². The van der Waals surface area contributed by atoms with Gasteiger partial charge in [-0.2, -0.15) is 0 Å². The Balaban J connectivity index is 1.58. The molecule has 2 aromatic heterocycles. The second-order valence-electron chi connectivity index (χ2n) is 7.25. The van der Waals surface area contributed by atoms with Gasteiger partial charge in [0.2, 0.25) is 5.91 Å². The normalized spacial score (nSPS) is 18.4. The maximum Gasteiger partial charge on any atom is 0.274 e. The molecule has 27 heavy (non-hydrogen) atoms. The lowest BCUT2D eigenvalue weighted by molar-refractivity contribution is -0.141. The predicted octanol–water partition coefficient (Wildman–Crippen LogP) is 1.43. The van der Waals surface area contributed by atoms with Gasteiger partial charge < -0.3 is 14.8 Å². The van der Waals surface area contributed by atoms with E-state index >= 15 is 0 Å². The van der Waals surface area contributed by atoms with Gasteiger partial charge in [-0.05, 0) is 19.8 Å². The number of H-pyrrole nitrogens is 1. The Morgan fingerprint density at radius 2 is 1.93 bits per heavy atom. The van der Waals surface area contributed by atoms with E-state index in [-0.39, 0.29) is 11.8 Å². The topological polar surface area (TPSA) is 95.1 Å². The summed E-state index contributed by atoms with van der Waals surface area (Å²) in [6.07, 6.45) is 7.49. The zero-order valence-electron chi connectivity index (χ0n) is 15.7. The van der Waals surface area contributed by atoms with Crippen molar-refractivity contribution < 1.29 is 9.59 Å². The lowest BCUT2D eigenvalue weighted by atomic mass is 9.78. The van der Waals surface area contributed by atoms with Crippen LogP contribution in [0.5, 0.6) is 0 Å². The number of piperidine rings is 1. The molecule has 0 bridgehead atoms. The van der Waals surface area contributed by atoms with Crippen molar-refractivity contribution in [3.8, 4) is 0 Å². The summed E-state index contributed by atoms with van der Waals surface area (Å²) >= 11 is 0. The van der Waals surface area contributed by atoms with Gasteiger partial charge in [0.15, 0.2) is 0 Å².